The molecule has 0 aliphatic rings. The van der Waals surface area contributed by atoms with Crippen LogP contribution in [0.25, 0.3) is 11.2 Å². The van der Waals surface area contributed by atoms with Crippen LogP contribution in [0.3, 0.4) is 0 Å². The fraction of sp³-hybridized carbons (Fsp3) is 0.364. The number of H-pyrrole nitrogens is 1. The van der Waals surface area contributed by atoms with Gasteiger partial charge in [-0.15, -0.1) is 0 Å². The number of hydrogen-bond acceptors (Lipinski definition) is 3. The number of hydrogen-bond donors (Lipinski definition) is 1. The van der Waals surface area contributed by atoms with Gasteiger partial charge in [0.1, 0.15) is 0 Å². The van der Waals surface area contributed by atoms with E-state index in [2.05, 4.69) is 25.9 Å². The second-order valence-corrected chi connectivity index (χ2v) is 4.80. The highest BCUT2D eigenvalue weighted by molar-refractivity contribution is 9.10. The highest BCUT2D eigenvalue weighted by Gasteiger charge is 2.15. The van der Waals surface area contributed by atoms with Crippen LogP contribution in [0.2, 0.25) is 0 Å². The van der Waals surface area contributed by atoms with E-state index in [0.29, 0.717) is 22.4 Å². The Morgan fingerprint density at radius 1 is 1.50 bits per heavy atom. The van der Waals surface area contributed by atoms with Gasteiger partial charge in [-0.05, 0) is 29.8 Å². The van der Waals surface area contributed by atoms with Crippen molar-refractivity contribution in [3.63, 3.8) is 0 Å². The molecule has 96 valence electrons. The molecule has 2 heterocycles. The number of allylic oxidation sites excluding steroid dienone is 2. The summed E-state index contributed by atoms with van der Waals surface area (Å²) in [5.41, 5.74) is 0.982. The predicted octanol–water partition coefficient (Wildman–Crippen LogP) is 1.15. The SMILES string of the molecule is C/C=C(/C)Cn1c(Br)nc2c1c(=O)[nH]c(=O)n2C. The maximum Gasteiger partial charge on any atom is 0.329 e. The second-order valence-electron chi connectivity index (χ2n) is 4.09. The Hall–Kier alpha value is -1.63. The Labute approximate surface area is 111 Å². The van der Waals surface area contributed by atoms with Gasteiger partial charge in [-0.3, -0.25) is 14.3 Å². The van der Waals surface area contributed by atoms with Crippen LogP contribution < -0.4 is 11.2 Å². The van der Waals surface area contributed by atoms with E-state index >= 15 is 0 Å². The standard InChI is InChI=1S/C11H13BrN4O2/c1-4-6(2)5-16-7-8(13-10(16)12)15(3)11(18)14-9(7)17/h4H,5H2,1-3H3,(H,14,17,18)/b6-4-. The molecule has 18 heavy (non-hydrogen) atoms. The number of rotatable bonds is 2. The van der Waals surface area contributed by atoms with Gasteiger partial charge in [-0.2, -0.15) is 0 Å². The highest BCUT2D eigenvalue weighted by atomic mass is 79.9. The number of aryl methyl sites for hydroxylation is 1. The van der Waals surface area contributed by atoms with Gasteiger partial charge >= 0.3 is 5.69 Å². The Balaban J connectivity index is 2.84. The zero-order valence-corrected chi connectivity index (χ0v) is 11.9. The number of aromatic nitrogens is 4. The lowest BCUT2D eigenvalue weighted by Gasteiger charge is -2.05. The van der Waals surface area contributed by atoms with Gasteiger partial charge < -0.3 is 4.57 Å². The third-order valence-corrected chi connectivity index (χ3v) is 3.47. The van der Waals surface area contributed by atoms with Gasteiger partial charge in [0, 0.05) is 13.6 Å². The molecule has 0 saturated carbocycles. The van der Waals surface area contributed by atoms with Gasteiger partial charge in [0.05, 0.1) is 0 Å². The van der Waals surface area contributed by atoms with Crippen LogP contribution in [-0.4, -0.2) is 19.1 Å². The van der Waals surface area contributed by atoms with E-state index in [-0.39, 0.29) is 0 Å². The minimum absolute atomic E-state index is 0.375. The van der Waals surface area contributed by atoms with Gasteiger partial charge in [0.25, 0.3) is 5.56 Å². The molecule has 0 aliphatic heterocycles. The molecule has 0 saturated heterocycles. The average molecular weight is 313 g/mol. The normalized spacial score (nSPS) is 12.3. The van der Waals surface area contributed by atoms with E-state index in [9.17, 15) is 9.59 Å². The average Bonchev–Trinajstić information content (AvgIpc) is 2.64. The van der Waals surface area contributed by atoms with Crippen molar-refractivity contribution >= 4 is 27.1 Å². The minimum atomic E-state index is -0.465. The number of aromatic amines is 1. The first-order valence-electron chi connectivity index (χ1n) is 5.42. The summed E-state index contributed by atoms with van der Waals surface area (Å²) in [5, 5.41) is 0. The largest absolute Gasteiger partial charge is 0.329 e. The van der Waals surface area contributed by atoms with E-state index in [0.717, 1.165) is 5.57 Å². The molecule has 2 aromatic rings. The van der Waals surface area contributed by atoms with Crippen molar-refractivity contribution in [2.24, 2.45) is 7.05 Å². The summed E-state index contributed by atoms with van der Waals surface area (Å²) in [6.45, 7) is 4.45. The van der Waals surface area contributed by atoms with E-state index in [1.165, 1.54) is 4.57 Å². The zero-order chi connectivity index (χ0) is 13.4. The first-order valence-corrected chi connectivity index (χ1v) is 6.21. The van der Waals surface area contributed by atoms with E-state index in [1.807, 2.05) is 19.9 Å². The zero-order valence-electron chi connectivity index (χ0n) is 10.3. The fourth-order valence-electron chi connectivity index (χ4n) is 1.69. The second kappa shape index (κ2) is 4.56. The Bertz CT molecular complexity index is 751. The van der Waals surface area contributed by atoms with E-state index in [1.54, 1.807) is 11.6 Å². The van der Waals surface area contributed by atoms with Crippen LogP contribution in [0, 0.1) is 0 Å². The number of halogens is 1. The summed E-state index contributed by atoms with van der Waals surface area (Å²) in [7, 11) is 1.58. The van der Waals surface area contributed by atoms with Crippen molar-refractivity contribution in [2.45, 2.75) is 20.4 Å². The lowest BCUT2D eigenvalue weighted by molar-refractivity contribution is 0.777. The number of nitrogens with one attached hydrogen (secondary N) is 1. The van der Waals surface area contributed by atoms with Crippen molar-refractivity contribution in [1.29, 1.82) is 0 Å². The number of imidazole rings is 1. The van der Waals surface area contributed by atoms with Crippen LogP contribution in [0.4, 0.5) is 0 Å². The molecule has 0 bridgehead atoms. The molecule has 2 aromatic heterocycles. The quantitative estimate of drug-likeness (QED) is 0.668. The molecule has 0 aliphatic carbocycles. The maximum atomic E-state index is 11.9. The molecule has 0 amide bonds. The molecule has 6 nitrogen and oxygen atoms in total. The fourth-order valence-corrected chi connectivity index (χ4v) is 2.16. The van der Waals surface area contributed by atoms with Crippen LogP contribution >= 0.6 is 15.9 Å². The predicted molar refractivity (Wildman–Crippen MR) is 72.7 cm³/mol. The summed E-state index contributed by atoms with van der Waals surface area (Å²) >= 11 is 3.32. The Kier molecular flexibility index (Phi) is 3.25. The lowest BCUT2D eigenvalue weighted by atomic mass is 10.3. The lowest BCUT2D eigenvalue weighted by Crippen LogP contribution is -2.29. The molecule has 0 atom stereocenters. The topological polar surface area (TPSA) is 72.7 Å². The summed E-state index contributed by atoms with van der Waals surface area (Å²) in [6.07, 6.45) is 1.97. The molecule has 0 fully saturated rings. The first kappa shape index (κ1) is 12.8. The number of nitrogens with zero attached hydrogens (tertiary/aromatic N) is 3. The smallest absolute Gasteiger partial charge is 0.309 e. The highest BCUT2D eigenvalue weighted by Crippen LogP contribution is 2.17. The van der Waals surface area contributed by atoms with Crippen molar-refractivity contribution in [3.05, 3.63) is 37.2 Å². The third kappa shape index (κ3) is 1.94. The molecule has 0 unspecified atom stereocenters. The Morgan fingerprint density at radius 3 is 2.78 bits per heavy atom. The van der Waals surface area contributed by atoms with Crippen LogP contribution in [0.5, 0.6) is 0 Å². The van der Waals surface area contributed by atoms with Crippen LogP contribution in [0.1, 0.15) is 13.8 Å². The van der Waals surface area contributed by atoms with Gasteiger partial charge in [-0.25, -0.2) is 9.78 Å². The van der Waals surface area contributed by atoms with Crippen molar-refractivity contribution in [3.8, 4) is 0 Å². The maximum absolute atomic E-state index is 11.9. The van der Waals surface area contributed by atoms with Gasteiger partial charge in [-0.1, -0.05) is 11.6 Å². The molecule has 0 radical (unpaired) electrons. The summed E-state index contributed by atoms with van der Waals surface area (Å²) in [6, 6.07) is 0. The van der Waals surface area contributed by atoms with Crippen LogP contribution in [-0.2, 0) is 13.6 Å². The molecular formula is C11H13BrN4O2. The molecule has 0 aromatic carbocycles. The molecular weight excluding hydrogens is 300 g/mol. The number of fused-ring (bicyclic) bond motifs is 1. The third-order valence-electron chi connectivity index (χ3n) is 2.86. The molecule has 0 spiro atoms. The summed E-state index contributed by atoms with van der Waals surface area (Å²) in [5.74, 6) is 0. The van der Waals surface area contributed by atoms with E-state index < -0.39 is 11.2 Å². The molecule has 7 heteroatoms. The van der Waals surface area contributed by atoms with Gasteiger partial charge in [0.15, 0.2) is 15.9 Å². The van der Waals surface area contributed by atoms with E-state index in [4.69, 9.17) is 0 Å². The van der Waals surface area contributed by atoms with Crippen LogP contribution in [0.15, 0.2) is 26.0 Å². The molecule has 2 rings (SSSR count). The van der Waals surface area contributed by atoms with Crippen molar-refractivity contribution < 1.29 is 0 Å². The first-order chi connectivity index (χ1) is 8.45. The Morgan fingerprint density at radius 2 is 2.17 bits per heavy atom. The van der Waals surface area contributed by atoms with Gasteiger partial charge in [0.2, 0.25) is 0 Å². The molecule has 1 N–H and O–H groups in total. The monoisotopic (exact) mass is 312 g/mol. The van der Waals surface area contributed by atoms with Crippen molar-refractivity contribution in [2.75, 3.05) is 0 Å². The summed E-state index contributed by atoms with van der Waals surface area (Å²) < 4.78 is 3.59. The minimum Gasteiger partial charge on any atom is -0.309 e. The van der Waals surface area contributed by atoms with Crippen molar-refractivity contribution in [1.82, 2.24) is 19.1 Å². The summed E-state index contributed by atoms with van der Waals surface area (Å²) in [4.78, 5) is 29.9.